The van der Waals surface area contributed by atoms with Crippen LogP contribution in [0, 0.1) is 11.8 Å². The minimum Gasteiger partial charge on any atom is -0.381 e. The molecule has 0 unspecified atom stereocenters. The first kappa shape index (κ1) is 16.3. The fourth-order valence-corrected chi connectivity index (χ4v) is 2.34. The van der Waals surface area contributed by atoms with Gasteiger partial charge in [-0.15, -0.1) is 0 Å². The number of rotatable bonds is 4. The van der Waals surface area contributed by atoms with Crippen LogP contribution in [0.2, 0.25) is 5.02 Å². The van der Waals surface area contributed by atoms with Crippen molar-refractivity contribution in [3.05, 3.63) is 22.7 Å². The lowest BCUT2D eigenvalue weighted by Crippen LogP contribution is -2.24. The van der Waals surface area contributed by atoms with Crippen LogP contribution in [0.5, 0.6) is 0 Å². The maximum absolute atomic E-state index is 6.23. The third-order valence-corrected chi connectivity index (χ3v) is 3.58. The van der Waals surface area contributed by atoms with Crippen LogP contribution in [-0.2, 0) is 4.74 Å². The Balaban J connectivity index is 2.55. The summed E-state index contributed by atoms with van der Waals surface area (Å²) in [6.45, 7) is 6.09. The Morgan fingerprint density at radius 2 is 1.91 bits per heavy atom. The smallest absolute Gasteiger partial charge is 0.172 e. The zero-order chi connectivity index (χ0) is 16.1. The average molecular weight is 319 g/mol. The molecule has 0 fully saturated rings. The molecule has 0 radical (unpaired) electrons. The largest absolute Gasteiger partial charge is 0.381 e. The van der Waals surface area contributed by atoms with Gasteiger partial charge in [0.15, 0.2) is 11.6 Å². The first-order chi connectivity index (χ1) is 10.6. The molecule has 2 N–H and O–H groups in total. The van der Waals surface area contributed by atoms with Crippen molar-refractivity contribution in [2.45, 2.75) is 13.8 Å². The monoisotopic (exact) mass is 318 g/mol. The zero-order valence-corrected chi connectivity index (χ0v) is 13.7. The van der Waals surface area contributed by atoms with E-state index in [1.807, 2.05) is 6.07 Å². The number of halogens is 1. The van der Waals surface area contributed by atoms with Crippen LogP contribution in [0.3, 0.4) is 0 Å². The lowest BCUT2D eigenvalue weighted by molar-refractivity contribution is 0.240. The lowest BCUT2D eigenvalue weighted by atomic mass is 10.2. The highest BCUT2D eigenvalue weighted by Gasteiger charge is 2.12. The van der Waals surface area contributed by atoms with Crippen molar-refractivity contribution in [2.75, 3.05) is 37.4 Å². The van der Waals surface area contributed by atoms with Gasteiger partial charge in [-0.25, -0.2) is 9.97 Å². The highest BCUT2D eigenvalue weighted by atomic mass is 35.5. The molecular weight excluding hydrogens is 300 g/mol. The first-order valence-electron chi connectivity index (χ1n) is 7.10. The number of nitrogen functional groups attached to an aromatic ring is 1. The summed E-state index contributed by atoms with van der Waals surface area (Å²) in [5, 5.41) is 0.528. The van der Waals surface area contributed by atoms with Crippen molar-refractivity contribution in [1.29, 1.82) is 0 Å². The van der Waals surface area contributed by atoms with Crippen molar-refractivity contribution in [3.8, 4) is 11.8 Å². The van der Waals surface area contributed by atoms with Crippen molar-refractivity contribution < 1.29 is 4.74 Å². The van der Waals surface area contributed by atoms with E-state index in [9.17, 15) is 0 Å². The minimum absolute atomic E-state index is 0.354. The van der Waals surface area contributed by atoms with E-state index in [-0.39, 0.29) is 0 Å². The number of methoxy groups -OCH3 is 1. The third-order valence-electron chi connectivity index (χ3n) is 3.26. The van der Waals surface area contributed by atoms with E-state index in [0.717, 1.165) is 18.6 Å². The molecule has 2 aromatic rings. The number of anilines is 2. The molecule has 1 aromatic heterocycles. The number of hydrogen-bond acceptors (Lipinski definition) is 5. The Labute approximate surface area is 135 Å². The molecule has 1 aromatic carbocycles. The molecule has 0 atom stereocenters. The molecule has 6 heteroatoms. The van der Waals surface area contributed by atoms with Crippen molar-refractivity contribution >= 4 is 34.3 Å². The average Bonchev–Trinajstić information content (AvgIpc) is 2.50. The quantitative estimate of drug-likeness (QED) is 0.878. The number of hydrogen-bond donors (Lipinski definition) is 1. The van der Waals surface area contributed by atoms with Gasteiger partial charge in [-0.05, 0) is 26.0 Å². The Kier molecular flexibility index (Phi) is 5.42. The molecule has 116 valence electrons. The van der Waals surface area contributed by atoms with Gasteiger partial charge in [0.05, 0.1) is 16.1 Å². The molecule has 0 aliphatic carbocycles. The van der Waals surface area contributed by atoms with Gasteiger partial charge >= 0.3 is 0 Å². The van der Waals surface area contributed by atoms with E-state index in [2.05, 4.69) is 40.6 Å². The van der Waals surface area contributed by atoms with Crippen molar-refractivity contribution in [2.24, 2.45) is 0 Å². The van der Waals surface area contributed by atoms with E-state index < -0.39 is 0 Å². The zero-order valence-electron chi connectivity index (χ0n) is 13.0. The van der Waals surface area contributed by atoms with Crippen LogP contribution < -0.4 is 10.6 Å². The first-order valence-corrected chi connectivity index (χ1v) is 7.48. The standard InChI is InChI=1S/C16H19ClN4O/c1-4-21(5-2)16-15(18)19-14-10-12(17)11(7-6-8-22-3)9-13(14)20-16/h9-10H,4-5,8H2,1-3H3,(H2,18,19). The predicted molar refractivity (Wildman–Crippen MR) is 91.3 cm³/mol. The Morgan fingerprint density at radius 3 is 2.55 bits per heavy atom. The fraction of sp³-hybridized carbons (Fsp3) is 0.375. The molecule has 0 aliphatic rings. The van der Waals surface area contributed by atoms with Crippen LogP contribution in [0.25, 0.3) is 11.0 Å². The molecule has 5 nitrogen and oxygen atoms in total. The fourth-order valence-electron chi connectivity index (χ4n) is 2.14. The molecule has 2 rings (SSSR count). The maximum atomic E-state index is 6.23. The van der Waals surface area contributed by atoms with E-state index in [4.69, 9.17) is 22.1 Å². The van der Waals surface area contributed by atoms with Crippen LogP contribution in [-0.4, -0.2) is 36.8 Å². The second kappa shape index (κ2) is 7.30. The van der Waals surface area contributed by atoms with E-state index in [1.54, 1.807) is 13.2 Å². The van der Waals surface area contributed by atoms with Crippen molar-refractivity contribution in [3.63, 3.8) is 0 Å². The van der Waals surface area contributed by atoms with Gasteiger partial charge in [0, 0.05) is 25.8 Å². The van der Waals surface area contributed by atoms with Gasteiger partial charge in [0.2, 0.25) is 0 Å². The summed E-state index contributed by atoms with van der Waals surface area (Å²) in [7, 11) is 1.60. The highest BCUT2D eigenvalue weighted by molar-refractivity contribution is 6.32. The molecule has 0 saturated carbocycles. The van der Waals surface area contributed by atoms with Gasteiger partial charge in [0.1, 0.15) is 6.61 Å². The topological polar surface area (TPSA) is 64.3 Å². The Morgan fingerprint density at radius 1 is 1.23 bits per heavy atom. The number of fused-ring (bicyclic) bond motifs is 1. The van der Waals surface area contributed by atoms with Crippen LogP contribution in [0.4, 0.5) is 11.6 Å². The molecule has 22 heavy (non-hydrogen) atoms. The van der Waals surface area contributed by atoms with E-state index in [1.165, 1.54) is 0 Å². The molecular formula is C16H19ClN4O. The summed E-state index contributed by atoms with van der Waals surface area (Å²) in [5.41, 5.74) is 8.11. The Bertz CT molecular complexity index is 732. The van der Waals surface area contributed by atoms with Crippen LogP contribution in [0.1, 0.15) is 19.4 Å². The number of nitrogens with zero attached hydrogens (tertiary/aromatic N) is 3. The van der Waals surface area contributed by atoms with E-state index >= 15 is 0 Å². The summed E-state index contributed by atoms with van der Waals surface area (Å²) in [6.07, 6.45) is 0. The van der Waals surface area contributed by atoms with Gasteiger partial charge in [-0.2, -0.15) is 0 Å². The summed E-state index contributed by atoms with van der Waals surface area (Å²) in [4.78, 5) is 11.1. The number of ether oxygens (including phenoxy) is 1. The molecule has 0 saturated heterocycles. The second-order valence-electron chi connectivity index (χ2n) is 4.66. The molecule has 0 aliphatic heterocycles. The van der Waals surface area contributed by atoms with Crippen LogP contribution in [0.15, 0.2) is 12.1 Å². The van der Waals surface area contributed by atoms with Gasteiger partial charge in [-0.3, -0.25) is 0 Å². The number of benzene rings is 1. The van der Waals surface area contributed by atoms with Gasteiger partial charge in [-0.1, -0.05) is 23.4 Å². The molecule has 0 spiro atoms. The van der Waals surface area contributed by atoms with E-state index in [0.29, 0.717) is 34.3 Å². The summed E-state index contributed by atoms with van der Waals surface area (Å²) in [5.74, 6) is 6.96. The molecule has 0 amide bonds. The Hall–Kier alpha value is -2.03. The number of nitrogens with two attached hydrogens (primary N) is 1. The summed E-state index contributed by atoms with van der Waals surface area (Å²) >= 11 is 6.23. The summed E-state index contributed by atoms with van der Waals surface area (Å²) in [6, 6.07) is 3.57. The normalized spacial score (nSPS) is 10.4. The molecule has 1 heterocycles. The lowest BCUT2D eigenvalue weighted by Gasteiger charge is -2.21. The molecule has 0 bridgehead atoms. The van der Waals surface area contributed by atoms with Crippen LogP contribution >= 0.6 is 11.6 Å². The van der Waals surface area contributed by atoms with Crippen molar-refractivity contribution in [1.82, 2.24) is 9.97 Å². The number of aromatic nitrogens is 2. The highest BCUT2D eigenvalue weighted by Crippen LogP contribution is 2.26. The third kappa shape index (κ3) is 3.41. The summed E-state index contributed by atoms with van der Waals surface area (Å²) < 4.78 is 4.92. The minimum atomic E-state index is 0.354. The SMILES string of the molecule is CCN(CC)c1nc2cc(C#CCOC)c(Cl)cc2nc1N. The maximum Gasteiger partial charge on any atom is 0.172 e. The predicted octanol–water partition coefficient (Wildman–Crippen LogP) is 2.71. The van der Waals surface area contributed by atoms with Gasteiger partial charge < -0.3 is 15.4 Å². The second-order valence-corrected chi connectivity index (χ2v) is 5.07. The van der Waals surface area contributed by atoms with Gasteiger partial charge in [0.25, 0.3) is 0 Å².